The molecule has 0 aliphatic rings. The van der Waals surface area contributed by atoms with Crippen molar-refractivity contribution in [3.05, 3.63) is 43.0 Å². The third-order valence-corrected chi connectivity index (χ3v) is 2.54. The molecule has 0 saturated carbocycles. The average Bonchev–Trinajstić information content (AvgIpc) is 2.17. The maximum atomic E-state index is 10.7. The number of ether oxygens (including phenoxy) is 1. The first-order chi connectivity index (χ1) is 6.72. The van der Waals surface area contributed by atoms with Gasteiger partial charge >= 0.3 is 5.97 Å². The third kappa shape index (κ3) is 3.66. The Morgan fingerprint density at radius 1 is 1.50 bits per heavy atom. The van der Waals surface area contributed by atoms with Gasteiger partial charge in [0, 0.05) is 11.8 Å². The summed E-state index contributed by atoms with van der Waals surface area (Å²) in [6.07, 6.45) is 1.61. The van der Waals surface area contributed by atoms with Crippen molar-refractivity contribution < 1.29 is 9.53 Å². The van der Waals surface area contributed by atoms with E-state index in [0.29, 0.717) is 0 Å². The summed E-state index contributed by atoms with van der Waals surface area (Å²) in [5.74, 6) is -0.293. The zero-order chi connectivity index (χ0) is 10.4. The fourth-order valence-corrected chi connectivity index (χ4v) is 1.78. The van der Waals surface area contributed by atoms with E-state index >= 15 is 0 Å². The van der Waals surface area contributed by atoms with Crippen LogP contribution in [0.4, 0.5) is 0 Å². The molecule has 0 amide bonds. The van der Waals surface area contributed by atoms with E-state index in [1.54, 1.807) is 6.08 Å². The van der Waals surface area contributed by atoms with Crippen LogP contribution in [0.25, 0.3) is 0 Å². The lowest BCUT2D eigenvalue weighted by atomic mass is 10.4. The van der Waals surface area contributed by atoms with Crippen LogP contribution in [0.3, 0.4) is 0 Å². The molecule has 3 heteroatoms. The van der Waals surface area contributed by atoms with E-state index in [4.69, 9.17) is 4.74 Å². The number of hydrogen-bond donors (Lipinski definition) is 0. The van der Waals surface area contributed by atoms with Gasteiger partial charge in [0.05, 0.1) is 0 Å². The second-order valence-electron chi connectivity index (χ2n) is 2.64. The molecule has 0 bridgehead atoms. The molecule has 0 N–H and O–H groups in total. The predicted molar refractivity (Wildman–Crippen MR) is 58.1 cm³/mol. The number of hydrogen-bond acceptors (Lipinski definition) is 3. The van der Waals surface area contributed by atoms with Crippen molar-refractivity contribution in [3.8, 4) is 0 Å². The summed E-state index contributed by atoms with van der Waals surface area (Å²) in [4.78, 5) is 11.8. The van der Waals surface area contributed by atoms with Crippen molar-refractivity contribution in [2.24, 2.45) is 0 Å². The van der Waals surface area contributed by atoms with Crippen molar-refractivity contribution in [2.45, 2.75) is 17.3 Å². The molecule has 0 aliphatic carbocycles. The molecule has 0 aromatic heterocycles. The van der Waals surface area contributed by atoms with Crippen molar-refractivity contribution in [2.75, 3.05) is 0 Å². The van der Waals surface area contributed by atoms with E-state index in [9.17, 15) is 4.79 Å². The number of esters is 1. The average molecular weight is 208 g/mol. The zero-order valence-electron chi connectivity index (χ0n) is 7.97. The molecule has 0 heterocycles. The van der Waals surface area contributed by atoms with E-state index in [0.717, 1.165) is 4.90 Å². The van der Waals surface area contributed by atoms with Gasteiger partial charge in [0.15, 0.2) is 5.44 Å². The number of thioether (sulfide) groups is 1. The lowest BCUT2D eigenvalue weighted by molar-refractivity contribution is -0.140. The van der Waals surface area contributed by atoms with Gasteiger partial charge in [-0.1, -0.05) is 36.5 Å². The molecule has 0 spiro atoms. The first-order valence-electron chi connectivity index (χ1n) is 4.24. The molecule has 1 aromatic rings. The minimum Gasteiger partial charge on any atom is -0.447 e. The van der Waals surface area contributed by atoms with Crippen LogP contribution in [0.2, 0.25) is 0 Å². The van der Waals surface area contributed by atoms with Crippen LogP contribution in [0, 0.1) is 0 Å². The molecule has 0 radical (unpaired) electrons. The molecule has 14 heavy (non-hydrogen) atoms. The van der Waals surface area contributed by atoms with Crippen LogP contribution >= 0.6 is 11.8 Å². The van der Waals surface area contributed by atoms with E-state index in [-0.39, 0.29) is 11.4 Å². The standard InChI is InChI=1S/C11H12O2S/c1-3-11(13-9(2)12)14-10-7-5-4-6-8-10/h3-8,11H,1H2,2H3/t11-/m1/s1. The topological polar surface area (TPSA) is 26.3 Å². The molecule has 0 fully saturated rings. The van der Waals surface area contributed by atoms with Gasteiger partial charge in [-0.05, 0) is 18.2 Å². The number of carbonyl (C=O) groups is 1. The van der Waals surface area contributed by atoms with Gasteiger partial charge in [-0.2, -0.15) is 0 Å². The molecule has 2 nitrogen and oxygen atoms in total. The molecule has 0 unspecified atom stereocenters. The fourth-order valence-electron chi connectivity index (χ4n) is 0.917. The quantitative estimate of drug-likeness (QED) is 0.329. The Morgan fingerprint density at radius 2 is 2.14 bits per heavy atom. The van der Waals surface area contributed by atoms with Crippen LogP contribution in [0.15, 0.2) is 47.9 Å². The van der Waals surface area contributed by atoms with Crippen molar-refractivity contribution >= 4 is 17.7 Å². The second-order valence-corrected chi connectivity index (χ2v) is 3.82. The molecular weight excluding hydrogens is 196 g/mol. The van der Waals surface area contributed by atoms with Crippen molar-refractivity contribution in [3.63, 3.8) is 0 Å². The van der Waals surface area contributed by atoms with E-state index in [2.05, 4.69) is 6.58 Å². The summed E-state index contributed by atoms with van der Waals surface area (Å²) >= 11 is 1.46. The van der Waals surface area contributed by atoms with Gasteiger partial charge in [-0.15, -0.1) is 0 Å². The summed E-state index contributed by atoms with van der Waals surface area (Å²) < 4.78 is 5.01. The first-order valence-corrected chi connectivity index (χ1v) is 5.12. The molecule has 1 aromatic carbocycles. The lowest BCUT2D eigenvalue weighted by Crippen LogP contribution is -2.08. The zero-order valence-corrected chi connectivity index (χ0v) is 8.79. The highest BCUT2D eigenvalue weighted by atomic mass is 32.2. The summed E-state index contributed by atoms with van der Waals surface area (Å²) in [6.45, 7) is 5.00. The van der Waals surface area contributed by atoms with Gasteiger partial charge in [0.2, 0.25) is 0 Å². The Kier molecular flexibility index (Phi) is 4.26. The molecule has 0 saturated heterocycles. The molecule has 1 rings (SSSR count). The lowest BCUT2D eigenvalue weighted by Gasteiger charge is -2.11. The highest BCUT2D eigenvalue weighted by Crippen LogP contribution is 2.24. The van der Waals surface area contributed by atoms with Gasteiger partial charge < -0.3 is 4.74 Å². The Bertz CT molecular complexity index is 308. The van der Waals surface area contributed by atoms with Crippen molar-refractivity contribution in [1.29, 1.82) is 0 Å². The second kappa shape index (κ2) is 5.50. The van der Waals surface area contributed by atoms with Crippen LogP contribution in [0.1, 0.15) is 6.92 Å². The van der Waals surface area contributed by atoms with E-state index in [1.807, 2.05) is 30.3 Å². The molecular formula is C11H12O2S. The van der Waals surface area contributed by atoms with Gasteiger partial charge in [-0.25, -0.2) is 0 Å². The first kappa shape index (κ1) is 10.9. The van der Waals surface area contributed by atoms with E-state index < -0.39 is 0 Å². The normalized spacial score (nSPS) is 11.8. The summed E-state index contributed by atoms with van der Waals surface area (Å²) in [7, 11) is 0. The van der Waals surface area contributed by atoms with Gasteiger partial charge in [-0.3, -0.25) is 4.79 Å². The van der Waals surface area contributed by atoms with Gasteiger partial charge in [0.1, 0.15) is 0 Å². The highest BCUT2D eigenvalue weighted by Gasteiger charge is 2.08. The molecule has 0 aliphatic heterocycles. The molecule has 74 valence electrons. The Labute approximate surface area is 88.0 Å². The van der Waals surface area contributed by atoms with Crippen LogP contribution in [0.5, 0.6) is 0 Å². The Morgan fingerprint density at radius 3 is 2.64 bits per heavy atom. The van der Waals surface area contributed by atoms with E-state index in [1.165, 1.54) is 18.7 Å². The van der Waals surface area contributed by atoms with Crippen LogP contribution < -0.4 is 0 Å². The minimum absolute atomic E-state index is 0.293. The summed E-state index contributed by atoms with van der Waals surface area (Å²) in [6, 6.07) is 9.75. The SMILES string of the molecule is C=C[C@H](OC(C)=O)Sc1ccccc1. The smallest absolute Gasteiger partial charge is 0.304 e. The maximum absolute atomic E-state index is 10.7. The Hall–Kier alpha value is -1.22. The number of carbonyl (C=O) groups excluding carboxylic acids is 1. The van der Waals surface area contributed by atoms with Gasteiger partial charge in [0.25, 0.3) is 0 Å². The summed E-state index contributed by atoms with van der Waals surface area (Å²) in [5, 5.41) is 0. The highest BCUT2D eigenvalue weighted by molar-refractivity contribution is 8.00. The number of benzene rings is 1. The molecule has 1 atom stereocenters. The van der Waals surface area contributed by atoms with Crippen molar-refractivity contribution in [1.82, 2.24) is 0 Å². The Balaban J connectivity index is 2.57. The fraction of sp³-hybridized carbons (Fsp3) is 0.182. The number of rotatable bonds is 4. The third-order valence-electron chi connectivity index (χ3n) is 1.47. The van der Waals surface area contributed by atoms with Crippen LogP contribution in [-0.4, -0.2) is 11.4 Å². The minimum atomic E-state index is -0.310. The summed E-state index contributed by atoms with van der Waals surface area (Å²) in [5.41, 5.74) is -0.310. The van der Waals surface area contributed by atoms with Crippen LogP contribution in [-0.2, 0) is 9.53 Å². The largest absolute Gasteiger partial charge is 0.447 e. The maximum Gasteiger partial charge on any atom is 0.304 e. The monoisotopic (exact) mass is 208 g/mol. The predicted octanol–water partition coefficient (Wildman–Crippen LogP) is 2.85.